The van der Waals surface area contributed by atoms with E-state index >= 15 is 0 Å². The first-order chi connectivity index (χ1) is 17.7. The maximum absolute atomic E-state index is 9.69. The zero-order chi connectivity index (χ0) is 29.4. The van der Waals surface area contributed by atoms with Gasteiger partial charge in [0.1, 0.15) is 24.4 Å². The molecule has 3 aliphatic heterocycles. The fraction of sp³-hybridized carbons (Fsp3) is 1.00. The summed E-state index contributed by atoms with van der Waals surface area (Å²) >= 11 is 0. The van der Waals surface area contributed by atoms with Crippen LogP contribution < -0.4 is 5.73 Å². The Labute approximate surface area is 224 Å². The van der Waals surface area contributed by atoms with Gasteiger partial charge in [0.05, 0.1) is 37.1 Å². The number of aliphatic hydroxyl groups is 7. The molecule has 3 saturated heterocycles. The minimum Gasteiger partial charge on any atom is -0.394 e. The Morgan fingerprint density at radius 1 is 0.737 bits per heavy atom. The number of aliphatic hydroxyl groups excluding tert-OH is 6. The molecule has 3 aliphatic rings. The Hall–Kier alpha value is -0.560. The maximum atomic E-state index is 9.69. The molecule has 0 radical (unpaired) electrons. The van der Waals surface area contributed by atoms with Crippen LogP contribution in [0.2, 0.25) is 0 Å². The molecule has 9 N–H and O–H groups in total. The van der Waals surface area contributed by atoms with Crippen LogP contribution in [0.4, 0.5) is 0 Å². The van der Waals surface area contributed by atoms with Crippen LogP contribution in [0, 0.1) is 17.8 Å². The summed E-state index contributed by atoms with van der Waals surface area (Å²) in [7, 11) is 4.33. The van der Waals surface area contributed by atoms with Crippen molar-refractivity contribution in [1.29, 1.82) is 0 Å². The lowest BCUT2D eigenvalue weighted by Gasteiger charge is -2.41. The topological polar surface area (TPSA) is 223 Å². The normalized spacial score (nSPS) is 47.3. The van der Waals surface area contributed by atoms with E-state index < -0.39 is 67.2 Å². The van der Waals surface area contributed by atoms with Crippen molar-refractivity contribution >= 4 is 0 Å². The van der Waals surface area contributed by atoms with Crippen LogP contribution in [-0.2, 0) is 28.4 Å². The van der Waals surface area contributed by atoms with E-state index in [-0.39, 0.29) is 37.5 Å². The molecule has 14 nitrogen and oxygen atoms in total. The quantitative estimate of drug-likeness (QED) is 0.169. The van der Waals surface area contributed by atoms with Crippen molar-refractivity contribution in [3.63, 3.8) is 0 Å². The van der Waals surface area contributed by atoms with Crippen molar-refractivity contribution in [3.8, 4) is 0 Å². The lowest BCUT2D eigenvalue weighted by Crippen LogP contribution is -2.55. The second-order valence-corrected chi connectivity index (χ2v) is 10.2. The standard InChI is InChI=1S/C8H17NO4.C8H16O5.C8H16O4/c2*1-4-6(10)5(3-9)13-8(12-2)7(4)11;1-5-6(9)7(11-3)12-4-8(5,2)10/h4-8,10-11H,3,9H2,1-2H3;4-11H,3H2,1-2H3;5-7,9-10H,4H2,1-3H3/t2*4-,5?,6?,7?,8+;5-,6?,7-,8?/m110/s1. The SMILES string of the molecule is CO[C@H]1OC(CN)C(O)[C@@H](C)C1O.CO[C@H]1OC(CO)C(O)[C@@H](C)C1O.CO[C@H]1OCC(C)(O)[C@@H](C)C1O. The number of nitrogens with two attached hydrogens (primary N) is 1. The summed E-state index contributed by atoms with van der Waals surface area (Å²) < 4.78 is 30.1. The van der Waals surface area contributed by atoms with Crippen LogP contribution in [0.25, 0.3) is 0 Å². The van der Waals surface area contributed by atoms with Gasteiger partial charge >= 0.3 is 0 Å². The van der Waals surface area contributed by atoms with E-state index in [1.807, 2.05) is 0 Å². The van der Waals surface area contributed by atoms with Crippen LogP contribution >= 0.6 is 0 Å². The second kappa shape index (κ2) is 16.0. The molecule has 0 saturated carbocycles. The van der Waals surface area contributed by atoms with Gasteiger partial charge in [0.15, 0.2) is 18.9 Å². The molecule has 0 aliphatic carbocycles. The lowest BCUT2D eigenvalue weighted by molar-refractivity contribution is -0.280. The molecule has 14 atom stereocenters. The van der Waals surface area contributed by atoms with Gasteiger partial charge < -0.3 is 69.9 Å². The molecule has 0 spiro atoms. The van der Waals surface area contributed by atoms with Crippen molar-refractivity contribution in [3.05, 3.63) is 0 Å². The van der Waals surface area contributed by atoms with Crippen molar-refractivity contribution in [2.24, 2.45) is 23.5 Å². The number of hydrogen-bond donors (Lipinski definition) is 8. The van der Waals surface area contributed by atoms with E-state index in [2.05, 4.69) is 0 Å². The van der Waals surface area contributed by atoms with Crippen LogP contribution in [0.15, 0.2) is 0 Å². The minimum atomic E-state index is -0.964. The van der Waals surface area contributed by atoms with Gasteiger partial charge in [-0.25, -0.2) is 0 Å². The maximum Gasteiger partial charge on any atom is 0.183 e. The highest BCUT2D eigenvalue weighted by Gasteiger charge is 2.44. The second-order valence-electron chi connectivity index (χ2n) is 10.2. The number of rotatable bonds is 5. The van der Waals surface area contributed by atoms with Crippen molar-refractivity contribution in [1.82, 2.24) is 0 Å². The zero-order valence-electron chi connectivity index (χ0n) is 23.3. The van der Waals surface area contributed by atoms with E-state index in [0.717, 1.165) is 0 Å². The molecule has 3 heterocycles. The Balaban J connectivity index is 0.000000285. The average Bonchev–Trinajstić information content (AvgIpc) is 2.90. The third kappa shape index (κ3) is 8.72. The van der Waals surface area contributed by atoms with Crippen LogP contribution in [0.3, 0.4) is 0 Å². The van der Waals surface area contributed by atoms with Gasteiger partial charge in [0.25, 0.3) is 0 Å². The molecule has 0 aromatic rings. The van der Waals surface area contributed by atoms with Gasteiger partial charge in [-0.3, -0.25) is 0 Å². The molecule has 228 valence electrons. The fourth-order valence-corrected chi connectivity index (χ4v) is 4.27. The first-order valence-corrected chi connectivity index (χ1v) is 12.7. The Morgan fingerprint density at radius 2 is 1.16 bits per heavy atom. The van der Waals surface area contributed by atoms with Crippen molar-refractivity contribution in [2.75, 3.05) is 41.1 Å². The molecule has 8 unspecified atom stereocenters. The van der Waals surface area contributed by atoms with Gasteiger partial charge in [-0.05, 0) is 6.92 Å². The smallest absolute Gasteiger partial charge is 0.183 e. The zero-order valence-corrected chi connectivity index (χ0v) is 23.3. The predicted molar refractivity (Wildman–Crippen MR) is 132 cm³/mol. The monoisotopic (exact) mass is 559 g/mol. The van der Waals surface area contributed by atoms with Gasteiger partial charge in [0.2, 0.25) is 0 Å². The van der Waals surface area contributed by atoms with E-state index in [9.17, 15) is 30.6 Å². The van der Waals surface area contributed by atoms with Crippen LogP contribution in [0.5, 0.6) is 0 Å². The third-order valence-corrected chi connectivity index (χ3v) is 7.51. The van der Waals surface area contributed by atoms with Crippen molar-refractivity contribution < 1.29 is 64.2 Å². The van der Waals surface area contributed by atoms with Crippen molar-refractivity contribution in [2.45, 2.75) is 94.9 Å². The van der Waals surface area contributed by atoms with Gasteiger partial charge in [-0.15, -0.1) is 0 Å². The van der Waals surface area contributed by atoms with E-state index in [1.54, 1.807) is 27.7 Å². The molecule has 3 rings (SSSR count). The number of hydrogen-bond acceptors (Lipinski definition) is 14. The van der Waals surface area contributed by atoms with Gasteiger partial charge in [0, 0.05) is 45.6 Å². The van der Waals surface area contributed by atoms with Gasteiger partial charge in [-0.2, -0.15) is 0 Å². The molecule has 0 aromatic carbocycles. The van der Waals surface area contributed by atoms with Gasteiger partial charge in [-0.1, -0.05) is 20.8 Å². The summed E-state index contributed by atoms with van der Waals surface area (Å²) in [6.07, 6.45) is -7.21. The Morgan fingerprint density at radius 3 is 1.55 bits per heavy atom. The largest absolute Gasteiger partial charge is 0.394 e. The third-order valence-electron chi connectivity index (χ3n) is 7.51. The summed E-state index contributed by atoms with van der Waals surface area (Å²) in [6, 6.07) is 0. The molecular weight excluding hydrogens is 510 g/mol. The summed E-state index contributed by atoms with van der Waals surface area (Å²) in [4.78, 5) is 0. The summed E-state index contributed by atoms with van der Waals surface area (Å²) in [5, 5.41) is 66.3. The average molecular weight is 560 g/mol. The molecule has 38 heavy (non-hydrogen) atoms. The summed E-state index contributed by atoms with van der Waals surface area (Å²) in [5.74, 6) is -0.890. The lowest BCUT2D eigenvalue weighted by atomic mass is 9.84. The minimum absolute atomic E-state index is 0.198. The highest BCUT2D eigenvalue weighted by molar-refractivity contribution is 4.89. The Bertz CT molecular complexity index is 583. The first-order valence-electron chi connectivity index (χ1n) is 12.7. The molecule has 0 bridgehead atoms. The fourth-order valence-electron chi connectivity index (χ4n) is 4.27. The summed E-state index contributed by atoms with van der Waals surface area (Å²) in [5.41, 5.74) is 4.43. The predicted octanol–water partition coefficient (Wildman–Crippen LogP) is -2.88. The van der Waals surface area contributed by atoms with E-state index in [0.29, 0.717) is 0 Å². The molecule has 0 amide bonds. The molecule has 3 fully saturated rings. The van der Waals surface area contributed by atoms with Crippen LogP contribution in [0.1, 0.15) is 27.7 Å². The van der Waals surface area contributed by atoms with E-state index in [1.165, 1.54) is 21.3 Å². The molecule has 14 heteroatoms. The highest BCUT2D eigenvalue weighted by Crippen LogP contribution is 2.29. The number of ether oxygens (including phenoxy) is 6. The van der Waals surface area contributed by atoms with E-state index in [4.69, 9.17) is 39.3 Å². The van der Waals surface area contributed by atoms with Crippen LogP contribution in [-0.4, -0.2) is 144 Å². The highest BCUT2D eigenvalue weighted by atomic mass is 16.7. The first kappa shape index (κ1) is 35.5. The molecule has 0 aromatic heterocycles. The molecular formula is C24H49NO13. The Kier molecular flexibility index (Phi) is 15.0. The summed E-state index contributed by atoms with van der Waals surface area (Å²) in [6.45, 7) is 6.99. The number of methoxy groups -OCH3 is 3.